The molecule has 0 aromatic carbocycles. The van der Waals surface area contributed by atoms with Crippen LogP contribution >= 0.6 is 11.6 Å². The molecule has 1 heterocycles. The fourth-order valence-electron chi connectivity index (χ4n) is 0.992. The van der Waals surface area contributed by atoms with Crippen LogP contribution in [0.4, 0.5) is 0 Å². The van der Waals surface area contributed by atoms with Crippen LogP contribution in [0.1, 0.15) is 23.7 Å². The first kappa shape index (κ1) is 12.5. The maximum atomic E-state index is 10.8. The molecule has 0 aliphatic carbocycles. The summed E-state index contributed by atoms with van der Waals surface area (Å²) in [7, 11) is 0. The Kier molecular flexibility index (Phi) is 4.31. The molecule has 0 atom stereocenters. The zero-order valence-electron chi connectivity index (χ0n) is 8.86. The van der Waals surface area contributed by atoms with Crippen LogP contribution in [0.15, 0.2) is 24.4 Å². The van der Waals surface area contributed by atoms with Crippen molar-refractivity contribution in [2.24, 2.45) is 0 Å². The number of hydrogen-bond acceptors (Lipinski definition) is 3. The molecule has 0 saturated carbocycles. The topological polar surface area (TPSA) is 59.4 Å². The molecule has 4 nitrogen and oxygen atoms in total. The van der Waals surface area contributed by atoms with Gasteiger partial charge in [-0.2, -0.15) is 0 Å². The quantitative estimate of drug-likeness (QED) is 0.806. The Morgan fingerprint density at radius 2 is 2.38 bits per heavy atom. The molecule has 0 aliphatic rings. The number of carbonyl (C=O) groups is 1. The Hall–Kier alpha value is -1.55. The number of hydrogen-bond donors (Lipinski definition) is 1. The van der Waals surface area contributed by atoms with Crippen molar-refractivity contribution in [2.45, 2.75) is 13.3 Å². The van der Waals surface area contributed by atoms with Gasteiger partial charge in [0, 0.05) is 12.5 Å². The number of aromatic nitrogens is 1. The normalized spacial score (nSPS) is 9.88. The van der Waals surface area contributed by atoms with Crippen molar-refractivity contribution in [1.82, 2.24) is 4.98 Å². The second kappa shape index (κ2) is 5.51. The molecule has 0 spiro atoms. The minimum absolute atomic E-state index is 0.0120. The van der Waals surface area contributed by atoms with E-state index in [1.165, 1.54) is 12.3 Å². The van der Waals surface area contributed by atoms with E-state index in [1.807, 2.05) is 6.92 Å². The molecule has 1 aromatic heterocycles. The molecule has 0 amide bonds. The van der Waals surface area contributed by atoms with Crippen LogP contribution < -0.4 is 4.74 Å². The Bertz CT molecular complexity index is 418. The third-order valence-electron chi connectivity index (χ3n) is 1.84. The summed E-state index contributed by atoms with van der Waals surface area (Å²) in [5.41, 5.74) is 0.981. The number of halogens is 1. The molecule has 0 unspecified atom stereocenters. The minimum Gasteiger partial charge on any atom is -0.478 e. The van der Waals surface area contributed by atoms with Crippen molar-refractivity contribution in [1.29, 1.82) is 0 Å². The molecular weight excluding hydrogens is 230 g/mol. The predicted octanol–water partition coefficient (Wildman–Crippen LogP) is 2.78. The zero-order valence-corrected chi connectivity index (χ0v) is 9.62. The lowest BCUT2D eigenvalue weighted by molar-refractivity contribution is 0.0696. The lowest BCUT2D eigenvalue weighted by Crippen LogP contribution is -2.03. The summed E-state index contributed by atoms with van der Waals surface area (Å²) in [4.78, 5) is 14.6. The lowest BCUT2D eigenvalue weighted by atomic mass is 10.2. The maximum Gasteiger partial charge on any atom is 0.337 e. The molecule has 5 heteroatoms. The highest BCUT2D eigenvalue weighted by Crippen LogP contribution is 2.19. The van der Waals surface area contributed by atoms with Gasteiger partial charge in [-0.05, 0) is 6.92 Å². The Morgan fingerprint density at radius 3 is 2.94 bits per heavy atom. The first-order chi connectivity index (χ1) is 7.50. The third-order valence-corrected chi connectivity index (χ3v) is 2.14. The molecule has 0 saturated heterocycles. The van der Waals surface area contributed by atoms with Crippen molar-refractivity contribution in [3.05, 3.63) is 35.0 Å². The van der Waals surface area contributed by atoms with Crippen LogP contribution in [0.3, 0.4) is 0 Å². The molecule has 0 aliphatic heterocycles. The monoisotopic (exact) mass is 241 g/mol. The highest BCUT2D eigenvalue weighted by molar-refractivity contribution is 6.33. The summed E-state index contributed by atoms with van der Waals surface area (Å²) in [5, 5.41) is 8.92. The number of carboxylic acid groups (broad SMARTS) is 1. The van der Waals surface area contributed by atoms with Gasteiger partial charge in [-0.15, -0.1) is 6.58 Å². The minimum atomic E-state index is -1.10. The average Bonchev–Trinajstić information content (AvgIpc) is 2.19. The lowest BCUT2D eigenvalue weighted by Gasteiger charge is -2.06. The van der Waals surface area contributed by atoms with E-state index in [-0.39, 0.29) is 16.5 Å². The van der Waals surface area contributed by atoms with Gasteiger partial charge in [-0.1, -0.05) is 17.2 Å². The van der Waals surface area contributed by atoms with Crippen LogP contribution in [0, 0.1) is 0 Å². The van der Waals surface area contributed by atoms with Crippen molar-refractivity contribution < 1.29 is 14.6 Å². The number of aromatic carboxylic acids is 1. The van der Waals surface area contributed by atoms with Crippen LogP contribution in [-0.2, 0) is 0 Å². The van der Waals surface area contributed by atoms with E-state index in [0.717, 1.165) is 5.57 Å². The van der Waals surface area contributed by atoms with Gasteiger partial charge in [0.1, 0.15) is 0 Å². The standard InChI is InChI=1S/C11H12ClNO3/c1-7(2)3-4-16-10-5-8(11(14)15)9(12)6-13-10/h5-6H,1,3-4H2,2H3,(H,14,15). The second-order valence-corrected chi connectivity index (χ2v) is 3.77. The predicted molar refractivity (Wildman–Crippen MR) is 61.1 cm³/mol. The van der Waals surface area contributed by atoms with E-state index in [1.54, 1.807) is 0 Å². The Morgan fingerprint density at radius 1 is 1.69 bits per heavy atom. The van der Waals surface area contributed by atoms with Gasteiger partial charge >= 0.3 is 5.97 Å². The molecule has 86 valence electrons. The van der Waals surface area contributed by atoms with Gasteiger partial charge in [0.25, 0.3) is 0 Å². The zero-order chi connectivity index (χ0) is 12.1. The molecule has 0 radical (unpaired) electrons. The third kappa shape index (κ3) is 3.55. The summed E-state index contributed by atoms with van der Waals surface area (Å²) in [6.07, 6.45) is 1.97. The highest BCUT2D eigenvalue weighted by Gasteiger charge is 2.10. The summed E-state index contributed by atoms with van der Waals surface area (Å²) in [6.45, 7) is 6.04. The Labute approximate surface area is 98.5 Å². The summed E-state index contributed by atoms with van der Waals surface area (Å²) in [6, 6.07) is 1.31. The van der Waals surface area contributed by atoms with Gasteiger partial charge in [-0.25, -0.2) is 9.78 Å². The van der Waals surface area contributed by atoms with Crippen LogP contribution in [-0.4, -0.2) is 22.7 Å². The average molecular weight is 242 g/mol. The SMILES string of the molecule is C=C(C)CCOc1cc(C(=O)O)c(Cl)cn1. The van der Waals surface area contributed by atoms with E-state index in [9.17, 15) is 4.79 Å². The van der Waals surface area contributed by atoms with Crippen LogP contribution in [0.2, 0.25) is 5.02 Å². The second-order valence-electron chi connectivity index (χ2n) is 3.36. The molecule has 1 N–H and O–H groups in total. The van der Waals surface area contributed by atoms with Crippen molar-refractivity contribution >= 4 is 17.6 Å². The van der Waals surface area contributed by atoms with Crippen LogP contribution in [0.25, 0.3) is 0 Å². The van der Waals surface area contributed by atoms with Gasteiger partial charge in [0.05, 0.1) is 23.4 Å². The van der Waals surface area contributed by atoms with Crippen molar-refractivity contribution in [3.8, 4) is 5.88 Å². The highest BCUT2D eigenvalue weighted by atomic mass is 35.5. The summed E-state index contributed by atoms with van der Waals surface area (Å²) >= 11 is 5.66. The first-order valence-corrected chi connectivity index (χ1v) is 5.04. The van der Waals surface area contributed by atoms with E-state index in [4.69, 9.17) is 21.4 Å². The number of carboxylic acids is 1. The maximum absolute atomic E-state index is 10.8. The molecule has 0 bridgehead atoms. The van der Waals surface area contributed by atoms with Crippen molar-refractivity contribution in [3.63, 3.8) is 0 Å². The van der Waals surface area contributed by atoms with Gasteiger partial charge in [-0.3, -0.25) is 0 Å². The molecule has 1 rings (SSSR count). The van der Waals surface area contributed by atoms with Gasteiger partial charge in [0.2, 0.25) is 5.88 Å². The largest absolute Gasteiger partial charge is 0.478 e. The molecular formula is C11H12ClNO3. The fraction of sp³-hybridized carbons (Fsp3) is 0.273. The summed E-state index contributed by atoms with van der Waals surface area (Å²) < 4.78 is 5.27. The molecule has 16 heavy (non-hydrogen) atoms. The summed E-state index contributed by atoms with van der Waals surface area (Å²) in [5.74, 6) is -0.847. The number of ether oxygens (including phenoxy) is 1. The van der Waals surface area contributed by atoms with E-state index < -0.39 is 5.97 Å². The number of rotatable bonds is 5. The fourth-order valence-corrected chi connectivity index (χ4v) is 1.18. The van der Waals surface area contributed by atoms with E-state index in [0.29, 0.717) is 13.0 Å². The first-order valence-electron chi connectivity index (χ1n) is 4.66. The van der Waals surface area contributed by atoms with E-state index >= 15 is 0 Å². The Balaban J connectivity index is 2.71. The molecule has 1 aromatic rings. The van der Waals surface area contributed by atoms with E-state index in [2.05, 4.69) is 11.6 Å². The number of nitrogens with zero attached hydrogens (tertiary/aromatic N) is 1. The smallest absolute Gasteiger partial charge is 0.337 e. The molecule has 0 fully saturated rings. The van der Waals surface area contributed by atoms with Gasteiger partial charge < -0.3 is 9.84 Å². The number of pyridine rings is 1. The van der Waals surface area contributed by atoms with Crippen molar-refractivity contribution in [2.75, 3.05) is 6.61 Å². The van der Waals surface area contributed by atoms with Crippen LogP contribution in [0.5, 0.6) is 5.88 Å². The van der Waals surface area contributed by atoms with Gasteiger partial charge in [0.15, 0.2) is 0 Å².